The molecule has 2 fully saturated rings. The Morgan fingerprint density at radius 3 is 2.67 bits per heavy atom. The van der Waals surface area contributed by atoms with E-state index in [1.54, 1.807) is 0 Å². The van der Waals surface area contributed by atoms with Crippen molar-refractivity contribution in [3.63, 3.8) is 0 Å². The van der Waals surface area contributed by atoms with Gasteiger partial charge in [0.1, 0.15) is 0 Å². The Bertz CT molecular complexity index is 524. The van der Waals surface area contributed by atoms with Crippen molar-refractivity contribution in [3.8, 4) is 0 Å². The van der Waals surface area contributed by atoms with E-state index in [1.165, 1.54) is 28.6 Å². The molecule has 0 amide bonds. The number of nitrogens with one attached hydrogen (secondary N) is 1. The number of rotatable bonds is 3. The van der Waals surface area contributed by atoms with Gasteiger partial charge in [0.2, 0.25) is 0 Å². The van der Waals surface area contributed by atoms with Crippen LogP contribution in [-0.2, 0) is 0 Å². The molecule has 1 aliphatic heterocycles. The maximum absolute atomic E-state index is 3.87. The zero-order valence-electron chi connectivity index (χ0n) is 13.6. The molecule has 116 valence electrons. The lowest BCUT2D eigenvalue weighted by atomic mass is 9.87. The smallest absolute Gasteiger partial charge is 0.0517 e. The van der Waals surface area contributed by atoms with Gasteiger partial charge in [-0.1, -0.05) is 26.0 Å². The molecular formula is C18H27BrN2. The number of anilines is 1. The van der Waals surface area contributed by atoms with Crippen LogP contribution in [0.1, 0.15) is 39.2 Å². The number of hydrogen-bond acceptors (Lipinski definition) is 2. The zero-order valence-corrected chi connectivity index (χ0v) is 15.2. The van der Waals surface area contributed by atoms with Gasteiger partial charge in [-0.3, -0.25) is 0 Å². The van der Waals surface area contributed by atoms with Gasteiger partial charge >= 0.3 is 0 Å². The van der Waals surface area contributed by atoms with Crippen LogP contribution in [0, 0.1) is 18.8 Å². The van der Waals surface area contributed by atoms with Crippen LogP contribution < -0.4 is 10.2 Å². The van der Waals surface area contributed by atoms with E-state index in [1.807, 2.05) is 0 Å². The van der Waals surface area contributed by atoms with E-state index in [0.29, 0.717) is 12.0 Å². The second-order valence-corrected chi connectivity index (χ2v) is 8.21. The summed E-state index contributed by atoms with van der Waals surface area (Å²) in [6.45, 7) is 11.5. The summed E-state index contributed by atoms with van der Waals surface area (Å²) in [5, 5.41) is 3.87. The quantitative estimate of drug-likeness (QED) is 0.870. The molecular weight excluding hydrogens is 324 g/mol. The fourth-order valence-corrected chi connectivity index (χ4v) is 4.17. The van der Waals surface area contributed by atoms with E-state index in [4.69, 9.17) is 0 Å². The van der Waals surface area contributed by atoms with Crippen LogP contribution in [0.4, 0.5) is 5.69 Å². The highest BCUT2D eigenvalue weighted by Crippen LogP contribution is 2.43. The first-order chi connectivity index (χ1) is 9.92. The highest BCUT2D eigenvalue weighted by Gasteiger charge is 2.46. The summed E-state index contributed by atoms with van der Waals surface area (Å²) >= 11 is 3.82. The minimum Gasteiger partial charge on any atom is -0.364 e. The Balaban J connectivity index is 1.95. The third kappa shape index (κ3) is 2.87. The molecule has 2 aliphatic rings. The molecule has 1 aliphatic carbocycles. The summed E-state index contributed by atoms with van der Waals surface area (Å²) < 4.78 is 1.26. The van der Waals surface area contributed by atoms with Gasteiger partial charge < -0.3 is 10.2 Å². The van der Waals surface area contributed by atoms with E-state index in [9.17, 15) is 0 Å². The SMILES string of the molecule is Cc1cccc(N2CC(C)(C3CC3)NCC2C(C)C)c1Br. The van der Waals surface area contributed by atoms with Crippen molar-refractivity contribution in [3.05, 3.63) is 28.2 Å². The Morgan fingerprint density at radius 2 is 2.05 bits per heavy atom. The van der Waals surface area contributed by atoms with Gasteiger partial charge in [-0.25, -0.2) is 0 Å². The van der Waals surface area contributed by atoms with Crippen LogP contribution in [-0.4, -0.2) is 24.7 Å². The molecule has 2 unspecified atom stereocenters. The molecule has 0 radical (unpaired) electrons. The number of benzene rings is 1. The maximum atomic E-state index is 3.87. The second kappa shape index (κ2) is 5.58. The first-order valence-electron chi connectivity index (χ1n) is 8.19. The average Bonchev–Trinajstić information content (AvgIpc) is 3.26. The molecule has 1 saturated carbocycles. The second-order valence-electron chi connectivity index (χ2n) is 7.42. The number of aryl methyl sites for hydroxylation is 1. The van der Waals surface area contributed by atoms with Crippen molar-refractivity contribution < 1.29 is 0 Å². The molecule has 0 spiro atoms. The molecule has 21 heavy (non-hydrogen) atoms. The number of halogens is 1. The molecule has 2 atom stereocenters. The third-order valence-electron chi connectivity index (χ3n) is 5.34. The van der Waals surface area contributed by atoms with Gasteiger partial charge in [-0.05, 0) is 66.1 Å². The lowest BCUT2D eigenvalue weighted by molar-refractivity contribution is 0.233. The van der Waals surface area contributed by atoms with Gasteiger partial charge in [-0.2, -0.15) is 0 Å². The van der Waals surface area contributed by atoms with Crippen LogP contribution in [0.15, 0.2) is 22.7 Å². The van der Waals surface area contributed by atoms with Crippen molar-refractivity contribution in [1.29, 1.82) is 0 Å². The van der Waals surface area contributed by atoms with Crippen molar-refractivity contribution in [2.75, 3.05) is 18.0 Å². The molecule has 1 heterocycles. The highest BCUT2D eigenvalue weighted by molar-refractivity contribution is 9.10. The third-order valence-corrected chi connectivity index (χ3v) is 6.37. The van der Waals surface area contributed by atoms with Gasteiger partial charge in [0, 0.05) is 29.1 Å². The molecule has 3 rings (SSSR count). The van der Waals surface area contributed by atoms with Gasteiger partial charge in [0.05, 0.1) is 5.69 Å². The molecule has 1 aromatic rings. The molecule has 1 saturated heterocycles. The number of nitrogens with zero attached hydrogens (tertiary/aromatic N) is 1. The zero-order chi connectivity index (χ0) is 15.2. The summed E-state index contributed by atoms with van der Waals surface area (Å²) in [6.07, 6.45) is 2.78. The lowest BCUT2D eigenvalue weighted by Crippen LogP contribution is -2.65. The van der Waals surface area contributed by atoms with Crippen LogP contribution >= 0.6 is 15.9 Å². The normalized spacial score (nSPS) is 30.0. The number of hydrogen-bond donors (Lipinski definition) is 1. The highest BCUT2D eigenvalue weighted by atomic mass is 79.9. The van der Waals surface area contributed by atoms with E-state index >= 15 is 0 Å². The van der Waals surface area contributed by atoms with Gasteiger partial charge in [0.15, 0.2) is 0 Å². The Hall–Kier alpha value is -0.540. The van der Waals surface area contributed by atoms with E-state index < -0.39 is 0 Å². The van der Waals surface area contributed by atoms with E-state index in [2.05, 4.69) is 72.0 Å². The summed E-state index contributed by atoms with van der Waals surface area (Å²) in [4.78, 5) is 2.65. The molecule has 3 heteroatoms. The Morgan fingerprint density at radius 1 is 1.33 bits per heavy atom. The maximum Gasteiger partial charge on any atom is 0.0517 e. The van der Waals surface area contributed by atoms with Gasteiger partial charge in [0.25, 0.3) is 0 Å². The number of piperazine rings is 1. The standard InChI is InChI=1S/C18H27BrN2/c1-12(2)16-10-20-18(4,14-8-9-14)11-21(16)15-7-5-6-13(3)17(15)19/h5-7,12,14,16,20H,8-11H2,1-4H3. The van der Waals surface area contributed by atoms with Gasteiger partial charge in [-0.15, -0.1) is 0 Å². The van der Waals surface area contributed by atoms with Crippen molar-refractivity contribution in [1.82, 2.24) is 5.32 Å². The van der Waals surface area contributed by atoms with E-state index in [0.717, 1.165) is 19.0 Å². The summed E-state index contributed by atoms with van der Waals surface area (Å²) in [5.41, 5.74) is 2.96. The first kappa shape index (κ1) is 15.4. The predicted molar refractivity (Wildman–Crippen MR) is 94.0 cm³/mol. The summed E-state index contributed by atoms with van der Waals surface area (Å²) in [6, 6.07) is 7.20. The fraction of sp³-hybridized carbons (Fsp3) is 0.667. The average molecular weight is 351 g/mol. The monoisotopic (exact) mass is 350 g/mol. The Kier molecular flexibility index (Phi) is 4.08. The molecule has 1 N–H and O–H groups in total. The minimum absolute atomic E-state index is 0.272. The molecule has 2 nitrogen and oxygen atoms in total. The van der Waals surface area contributed by atoms with Crippen molar-refractivity contribution in [2.45, 2.75) is 52.1 Å². The lowest BCUT2D eigenvalue weighted by Gasteiger charge is -2.49. The molecule has 1 aromatic carbocycles. The molecule has 0 aromatic heterocycles. The van der Waals surface area contributed by atoms with Crippen LogP contribution in [0.3, 0.4) is 0 Å². The van der Waals surface area contributed by atoms with Crippen molar-refractivity contribution >= 4 is 21.6 Å². The summed E-state index contributed by atoms with van der Waals surface area (Å²) in [7, 11) is 0. The van der Waals surface area contributed by atoms with Crippen LogP contribution in [0.25, 0.3) is 0 Å². The van der Waals surface area contributed by atoms with E-state index in [-0.39, 0.29) is 5.54 Å². The predicted octanol–water partition coefficient (Wildman–Crippen LogP) is 4.36. The largest absolute Gasteiger partial charge is 0.364 e. The topological polar surface area (TPSA) is 15.3 Å². The summed E-state index contributed by atoms with van der Waals surface area (Å²) in [5.74, 6) is 1.50. The van der Waals surface area contributed by atoms with Crippen molar-refractivity contribution in [2.24, 2.45) is 11.8 Å². The first-order valence-corrected chi connectivity index (χ1v) is 8.98. The minimum atomic E-state index is 0.272. The Labute approximate surface area is 137 Å². The molecule has 0 bridgehead atoms. The fourth-order valence-electron chi connectivity index (χ4n) is 3.68. The van der Waals surface area contributed by atoms with Crippen LogP contribution in [0.5, 0.6) is 0 Å². The van der Waals surface area contributed by atoms with Crippen LogP contribution in [0.2, 0.25) is 0 Å².